The number of aromatic nitrogens is 3. The lowest BCUT2D eigenvalue weighted by atomic mass is 10.0. The van der Waals surface area contributed by atoms with E-state index in [1.807, 2.05) is 35.4 Å². The van der Waals surface area contributed by atoms with Crippen LogP contribution in [-0.2, 0) is 20.9 Å². The highest BCUT2D eigenvalue weighted by Gasteiger charge is 2.48. The number of hydrogen-bond acceptors (Lipinski definition) is 10. The first-order valence-corrected chi connectivity index (χ1v) is 13.3. The molecule has 0 saturated carbocycles. The molecule has 12 heteroatoms. The first-order valence-electron chi connectivity index (χ1n) is 11.6. The third-order valence-electron chi connectivity index (χ3n) is 6.68. The molecule has 0 spiro atoms. The highest BCUT2D eigenvalue weighted by atomic mass is 32.1. The lowest BCUT2D eigenvalue weighted by Crippen LogP contribution is -2.56. The van der Waals surface area contributed by atoms with Crippen LogP contribution in [0.3, 0.4) is 0 Å². The SMILES string of the molecule is O=C1CCC(N2C(=O)C3=C(C2O)N(Cc2nc(-c4cccc(-c5cncs5)c4)ns2)CCC3)C(=O)N1. The van der Waals surface area contributed by atoms with Crippen LogP contribution >= 0.6 is 22.9 Å². The fourth-order valence-electron chi connectivity index (χ4n) is 5.01. The number of thiazole rings is 1. The number of aliphatic hydroxyl groups is 1. The van der Waals surface area contributed by atoms with Crippen LogP contribution in [0.4, 0.5) is 0 Å². The average molecular weight is 523 g/mol. The van der Waals surface area contributed by atoms with Crippen molar-refractivity contribution in [1.82, 2.24) is 29.5 Å². The van der Waals surface area contributed by atoms with Gasteiger partial charge in [0.2, 0.25) is 11.8 Å². The van der Waals surface area contributed by atoms with Gasteiger partial charge in [0.05, 0.1) is 22.6 Å². The van der Waals surface area contributed by atoms with Crippen LogP contribution in [0, 0.1) is 0 Å². The zero-order valence-corrected chi connectivity index (χ0v) is 20.7. The molecular weight excluding hydrogens is 500 g/mol. The zero-order valence-electron chi connectivity index (χ0n) is 19.1. The van der Waals surface area contributed by atoms with Gasteiger partial charge in [0.25, 0.3) is 5.91 Å². The molecule has 0 aliphatic carbocycles. The molecule has 36 heavy (non-hydrogen) atoms. The Morgan fingerprint density at radius 3 is 2.83 bits per heavy atom. The van der Waals surface area contributed by atoms with E-state index in [0.29, 0.717) is 36.6 Å². The molecule has 3 aromatic rings. The quantitative estimate of drug-likeness (QED) is 0.488. The van der Waals surface area contributed by atoms with Crippen molar-refractivity contribution in [1.29, 1.82) is 0 Å². The van der Waals surface area contributed by atoms with E-state index in [4.69, 9.17) is 4.98 Å². The number of piperidine rings is 1. The van der Waals surface area contributed by atoms with E-state index < -0.39 is 18.2 Å². The van der Waals surface area contributed by atoms with Crippen molar-refractivity contribution in [2.45, 2.75) is 44.5 Å². The maximum Gasteiger partial charge on any atom is 0.254 e. The van der Waals surface area contributed by atoms with Crippen molar-refractivity contribution in [3.63, 3.8) is 0 Å². The summed E-state index contributed by atoms with van der Waals surface area (Å²) in [6.45, 7) is 1.06. The van der Waals surface area contributed by atoms with Crippen LogP contribution in [0.1, 0.15) is 30.7 Å². The Balaban J connectivity index is 1.22. The molecule has 184 valence electrons. The Hall–Kier alpha value is -3.48. The maximum atomic E-state index is 13.2. The van der Waals surface area contributed by atoms with E-state index in [0.717, 1.165) is 27.4 Å². The van der Waals surface area contributed by atoms with Gasteiger partial charge in [-0.25, -0.2) is 4.98 Å². The normalized spacial score (nSPS) is 22.3. The number of nitrogens with one attached hydrogen (secondary N) is 1. The van der Waals surface area contributed by atoms with Crippen molar-refractivity contribution < 1.29 is 19.5 Å². The molecule has 0 radical (unpaired) electrons. The Labute approximate surface area is 214 Å². The van der Waals surface area contributed by atoms with E-state index in [2.05, 4.69) is 14.7 Å². The predicted molar refractivity (Wildman–Crippen MR) is 132 cm³/mol. The molecular formula is C24H22N6O4S2. The number of nitrogens with zero attached hydrogens (tertiary/aromatic N) is 5. The summed E-state index contributed by atoms with van der Waals surface area (Å²) in [4.78, 5) is 50.3. The Morgan fingerprint density at radius 2 is 2.03 bits per heavy atom. The van der Waals surface area contributed by atoms with Gasteiger partial charge >= 0.3 is 0 Å². The molecule has 2 aromatic heterocycles. The van der Waals surface area contributed by atoms with Crippen molar-refractivity contribution in [2.75, 3.05) is 6.54 Å². The predicted octanol–water partition coefficient (Wildman–Crippen LogP) is 2.14. The van der Waals surface area contributed by atoms with Crippen molar-refractivity contribution in [3.8, 4) is 21.8 Å². The lowest BCUT2D eigenvalue weighted by molar-refractivity contribution is -0.149. The second kappa shape index (κ2) is 9.19. The second-order valence-corrected chi connectivity index (χ2v) is 10.6. The van der Waals surface area contributed by atoms with Crippen molar-refractivity contribution in [2.24, 2.45) is 0 Å². The monoisotopic (exact) mass is 522 g/mol. The van der Waals surface area contributed by atoms with Gasteiger partial charge in [0.1, 0.15) is 11.0 Å². The molecule has 0 bridgehead atoms. The number of imide groups is 1. The van der Waals surface area contributed by atoms with Crippen molar-refractivity contribution in [3.05, 3.63) is 52.3 Å². The number of carbonyl (C=O) groups excluding carboxylic acids is 3. The highest BCUT2D eigenvalue weighted by molar-refractivity contribution is 7.13. The van der Waals surface area contributed by atoms with Crippen molar-refractivity contribution >= 4 is 40.6 Å². The van der Waals surface area contributed by atoms with E-state index in [1.54, 1.807) is 16.8 Å². The zero-order chi connectivity index (χ0) is 24.8. The molecule has 3 aliphatic rings. The molecule has 3 amide bonds. The average Bonchev–Trinajstić information content (AvgIpc) is 3.62. The van der Waals surface area contributed by atoms with Gasteiger partial charge in [0, 0.05) is 30.3 Å². The van der Waals surface area contributed by atoms with E-state index in [-0.39, 0.29) is 24.7 Å². The lowest BCUT2D eigenvalue weighted by Gasteiger charge is -2.35. The van der Waals surface area contributed by atoms with Gasteiger partial charge in [-0.05, 0) is 42.4 Å². The molecule has 1 aromatic carbocycles. The van der Waals surface area contributed by atoms with Gasteiger partial charge in [-0.3, -0.25) is 29.6 Å². The number of rotatable bonds is 5. The molecule has 10 nitrogen and oxygen atoms in total. The maximum absolute atomic E-state index is 13.2. The second-order valence-electron chi connectivity index (χ2n) is 8.90. The van der Waals surface area contributed by atoms with Gasteiger partial charge in [-0.2, -0.15) is 4.37 Å². The smallest absolute Gasteiger partial charge is 0.254 e. The van der Waals surface area contributed by atoms with Crippen LogP contribution in [0.2, 0.25) is 0 Å². The summed E-state index contributed by atoms with van der Waals surface area (Å²) < 4.78 is 4.55. The summed E-state index contributed by atoms with van der Waals surface area (Å²) in [6, 6.07) is 7.14. The fraction of sp³-hybridized carbons (Fsp3) is 0.333. The first-order chi connectivity index (χ1) is 17.5. The summed E-state index contributed by atoms with van der Waals surface area (Å²) in [6.07, 6.45) is 2.23. The summed E-state index contributed by atoms with van der Waals surface area (Å²) in [7, 11) is 0. The third kappa shape index (κ3) is 4.00. The number of benzene rings is 1. The standard InChI is InChI=1S/C24H22N6O4S2/c31-18-7-6-16(22(32)26-18)30-23(33)15-5-2-8-29(20(15)24(30)34)11-19-27-21(28-36-19)14-4-1-3-13(9-14)17-10-25-12-35-17/h1,3-4,9-10,12,16,24,34H,2,5-8,11H2,(H,26,31,32). The molecule has 1 fully saturated rings. The van der Waals surface area contributed by atoms with Crippen LogP contribution in [-0.4, -0.2) is 65.8 Å². The van der Waals surface area contributed by atoms with E-state index >= 15 is 0 Å². The van der Waals surface area contributed by atoms with Crippen LogP contribution in [0.15, 0.2) is 47.2 Å². The topological polar surface area (TPSA) is 129 Å². The number of hydrogen-bond donors (Lipinski definition) is 2. The highest BCUT2D eigenvalue weighted by Crippen LogP contribution is 2.37. The summed E-state index contributed by atoms with van der Waals surface area (Å²) in [5.74, 6) is -0.615. The Bertz CT molecular complexity index is 1380. The molecule has 2 unspecified atom stereocenters. The minimum atomic E-state index is -1.24. The third-order valence-corrected chi connectivity index (χ3v) is 8.20. The Kier molecular flexibility index (Phi) is 5.86. The minimum Gasteiger partial charge on any atom is -0.368 e. The fourth-order valence-corrected chi connectivity index (χ4v) is 6.31. The van der Waals surface area contributed by atoms with Crippen LogP contribution < -0.4 is 5.32 Å². The van der Waals surface area contributed by atoms with E-state index in [9.17, 15) is 19.5 Å². The van der Waals surface area contributed by atoms with E-state index in [1.165, 1.54) is 16.4 Å². The largest absolute Gasteiger partial charge is 0.368 e. The first kappa shape index (κ1) is 23.0. The molecule has 5 heterocycles. The van der Waals surface area contributed by atoms with Crippen LogP contribution in [0.25, 0.3) is 21.8 Å². The number of amides is 3. The van der Waals surface area contributed by atoms with Gasteiger partial charge < -0.3 is 10.0 Å². The van der Waals surface area contributed by atoms with Gasteiger partial charge in [-0.15, -0.1) is 11.3 Å². The van der Waals surface area contributed by atoms with Gasteiger partial charge in [0.15, 0.2) is 12.1 Å². The Morgan fingerprint density at radius 1 is 1.17 bits per heavy atom. The molecule has 6 rings (SSSR count). The van der Waals surface area contributed by atoms with Crippen LogP contribution in [0.5, 0.6) is 0 Å². The van der Waals surface area contributed by atoms with Gasteiger partial charge in [-0.1, -0.05) is 18.2 Å². The summed E-state index contributed by atoms with van der Waals surface area (Å²) in [5.41, 5.74) is 4.81. The molecule has 1 saturated heterocycles. The molecule has 3 aliphatic heterocycles. The minimum absolute atomic E-state index is 0.138. The number of aliphatic hydroxyl groups excluding tert-OH is 1. The summed E-state index contributed by atoms with van der Waals surface area (Å²) >= 11 is 2.86. The summed E-state index contributed by atoms with van der Waals surface area (Å²) in [5, 5.41) is 14.2. The molecule has 2 N–H and O–H groups in total. The molecule has 2 atom stereocenters. The number of carbonyl (C=O) groups is 3.